The number of carbonyl (C=O) groups excluding carboxylic acids is 1. The van der Waals surface area contributed by atoms with Crippen LogP contribution in [0.2, 0.25) is 0 Å². The van der Waals surface area contributed by atoms with Gasteiger partial charge in [-0.05, 0) is 23.8 Å². The number of anilines is 1. The molecule has 0 bridgehead atoms. The second-order valence-corrected chi connectivity index (χ2v) is 5.94. The maximum atomic E-state index is 12.4. The Morgan fingerprint density at radius 3 is 2.68 bits per heavy atom. The number of nitrogens with zero attached hydrogens (tertiary/aromatic N) is 5. The largest absolute Gasteiger partial charge is 0.435 e. The van der Waals surface area contributed by atoms with Gasteiger partial charge in [0.2, 0.25) is 5.91 Å². The first-order chi connectivity index (χ1) is 13.6. The topological polar surface area (TPSA) is 82.4 Å². The first-order valence-corrected chi connectivity index (χ1v) is 8.55. The second kappa shape index (κ2) is 8.90. The molecule has 1 aromatic carbocycles. The highest BCUT2D eigenvalue weighted by atomic mass is 19.3. The molecule has 1 aromatic heterocycles. The lowest BCUT2D eigenvalue weighted by molar-refractivity contribution is -0.126. The lowest BCUT2D eigenvalue weighted by Crippen LogP contribution is -2.48. The Bertz CT molecular complexity index is 905. The molecule has 0 radical (unpaired) electrons. The SMILES string of the molecule is N#Cc1nccnc1N1CCN(C(=O)C=Cc2cccc(OC(F)F)c2)CC1. The molecule has 144 valence electrons. The smallest absolute Gasteiger partial charge is 0.387 e. The predicted octanol–water partition coefficient (Wildman–Crippen LogP) is 2.31. The predicted molar refractivity (Wildman–Crippen MR) is 97.6 cm³/mol. The monoisotopic (exact) mass is 385 g/mol. The van der Waals surface area contributed by atoms with Crippen LogP contribution >= 0.6 is 0 Å². The van der Waals surface area contributed by atoms with Crippen molar-refractivity contribution in [2.45, 2.75) is 6.61 Å². The van der Waals surface area contributed by atoms with Gasteiger partial charge in [0.05, 0.1) is 0 Å². The number of hydrogen-bond acceptors (Lipinski definition) is 6. The molecule has 0 unspecified atom stereocenters. The van der Waals surface area contributed by atoms with Crippen molar-refractivity contribution >= 4 is 17.8 Å². The quantitative estimate of drug-likeness (QED) is 0.735. The summed E-state index contributed by atoms with van der Waals surface area (Å²) in [5, 5.41) is 9.13. The van der Waals surface area contributed by atoms with Crippen LogP contribution in [0.5, 0.6) is 5.75 Å². The minimum atomic E-state index is -2.90. The Balaban J connectivity index is 1.58. The molecule has 1 aliphatic rings. The molecule has 28 heavy (non-hydrogen) atoms. The van der Waals surface area contributed by atoms with Crippen LogP contribution in [-0.2, 0) is 4.79 Å². The third-order valence-electron chi connectivity index (χ3n) is 4.18. The van der Waals surface area contributed by atoms with Gasteiger partial charge in [-0.25, -0.2) is 9.97 Å². The number of hydrogen-bond donors (Lipinski definition) is 0. The molecule has 9 heteroatoms. The fourth-order valence-corrected chi connectivity index (χ4v) is 2.85. The van der Waals surface area contributed by atoms with Gasteiger partial charge in [-0.15, -0.1) is 0 Å². The molecule has 1 fully saturated rings. The molecule has 2 heterocycles. The zero-order chi connectivity index (χ0) is 19.9. The highest BCUT2D eigenvalue weighted by Crippen LogP contribution is 2.18. The number of ether oxygens (including phenoxy) is 1. The number of carbonyl (C=O) groups is 1. The third-order valence-corrected chi connectivity index (χ3v) is 4.18. The Hall–Kier alpha value is -3.54. The summed E-state index contributed by atoms with van der Waals surface area (Å²) in [6.07, 6.45) is 5.96. The molecule has 0 spiro atoms. The van der Waals surface area contributed by atoms with Gasteiger partial charge in [0.15, 0.2) is 11.5 Å². The Morgan fingerprint density at radius 2 is 1.96 bits per heavy atom. The van der Waals surface area contributed by atoms with E-state index < -0.39 is 6.61 Å². The van der Waals surface area contributed by atoms with Crippen molar-refractivity contribution in [3.8, 4) is 11.8 Å². The lowest BCUT2D eigenvalue weighted by Gasteiger charge is -2.34. The number of halogens is 2. The molecule has 2 aromatic rings. The molecule has 3 rings (SSSR count). The van der Waals surface area contributed by atoms with E-state index in [4.69, 9.17) is 5.26 Å². The van der Waals surface area contributed by atoms with Gasteiger partial charge in [0.25, 0.3) is 0 Å². The zero-order valence-electron chi connectivity index (χ0n) is 14.8. The summed E-state index contributed by atoms with van der Waals surface area (Å²) in [7, 11) is 0. The maximum Gasteiger partial charge on any atom is 0.387 e. The summed E-state index contributed by atoms with van der Waals surface area (Å²) in [4.78, 5) is 24.2. The summed E-state index contributed by atoms with van der Waals surface area (Å²) in [6, 6.07) is 8.15. The zero-order valence-corrected chi connectivity index (χ0v) is 14.8. The van der Waals surface area contributed by atoms with Crippen molar-refractivity contribution < 1.29 is 18.3 Å². The fraction of sp³-hybridized carbons (Fsp3) is 0.263. The van der Waals surface area contributed by atoms with Crippen molar-refractivity contribution in [3.05, 3.63) is 54.0 Å². The summed E-state index contributed by atoms with van der Waals surface area (Å²) in [6.45, 7) is -0.888. The van der Waals surface area contributed by atoms with Crippen molar-refractivity contribution in [2.24, 2.45) is 0 Å². The molecule has 0 N–H and O–H groups in total. The molecule has 1 saturated heterocycles. The minimum absolute atomic E-state index is 0.0375. The Kier molecular flexibility index (Phi) is 6.11. The fourth-order valence-electron chi connectivity index (χ4n) is 2.85. The molecule has 1 aliphatic heterocycles. The third kappa shape index (κ3) is 4.79. The number of amides is 1. The van der Waals surface area contributed by atoms with E-state index in [-0.39, 0.29) is 17.4 Å². The normalized spacial score (nSPS) is 14.4. The Labute approximate surface area is 160 Å². The van der Waals surface area contributed by atoms with E-state index >= 15 is 0 Å². The van der Waals surface area contributed by atoms with Crippen molar-refractivity contribution in [1.82, 2.24) is 14.9 Å². The molecular weight excluding hydrogens is 368 g/mol. The standard InChI is InChI=1S/C19H17F2N5O2/c20-19(21)28-15-3-1-2-14(12-15)4-5-17(27)25-8-10-26(11-9-25)18-16(13-22)23-6-7-24-18/h1-7,12,19H,8-11H2. The highest BCUT2D eigenvalue weighted by molar-refractivity contribution is 5.92. The maximum absolute atomic E-state index is 12.4. The van der Waals surface area contributed by atoms with E-state index in [1.807, 2.05) is 11.0 Å². The number of aromatic nitrogens is 2. The molecule has 0 saturated carbocycles. The van der Waals surface area contributed by atoms with Gasteiger partial charge >= 0.3 is 6.61 Å². The van der Waals surface area contributed by atoms with Crippen LogP contribution in [-0.4, -0.2) is 53.6 Å². The van der Waals surface area contributed by atoms with Gasteiger partial charge in [0.1, 0.15) is 11.8 Å². The summed E-state index contributed by atoms with van der Waals surface area (Å²) in [5.74, 6) is 0.374. The molecule has 0 aliphatic carbocycles. The van der Waals surface area contributed by atoms with E-state index in [0.29, 0.717) is 37.6 Å². The first kappa shape index (κ1) is 19.2. The van der Waals surface area contributed by atoms with Crippen LogP contribution < -0.4 is 9.64 Å². The average molecular weight is 385 g/mol. The molecule has 7 nitrogen and oxygen atoms in total. The molecule has 1 amide bonds. The Morgan fingerprint density at radius 1 is 1.21 bits per heavy atom. The molecular formula is C19H17F2N5O2. The van der Waals surface area contributed by atoms with Crippen molar-refractivity contribution in [3.63, 3.8) is 0 Å². The van der Waals surface area contributed by atoms with Crippen LogP contribution in [0.1, 0.15) is 11.3 Å². The number of nitriles is 1. The van der Waals surface area contributed by atoms with Crippen LogP contribution in [0.25, 0.3) is 6.08 Å². The number of alkyl halides is 2. The number of rotatable bonds is 5. The second-order valence-electron chi connectivity index (χ2n) is 5.94. The summed E-state index contributed by atoms with van der Waals surface area (Å²) >= 11 is 0. The van der Waals surface area contributed by atoms with E-state index in [2.05, 4.69) is 14.7 Å². The van der Waals surface area contributed by atoms with E-state index in [1.54, 1.807) is 23.1 Å². The van der Waals surface area contributed by atoms with Gasteiger partial charge in [-0.2, -0.15) is 14.0 Å². The average Bonchev–Trinajstić information content (AvgIpc) is 2.72. The summed E-state index contributed by atoms with van der Waals surface area (Å²) in [5.41, 5.74) is 0.844. The number of benzene rings is 1. The van der Waals surface area contributed by atoms with Crippen LogP contribution in [0.4, 0.5) is 14.6 Å². The van der Waals surface area contributed by atoms with Gasteiger partial charge in [0, 0.05) is 44.6 Å². The van der Waals surface area contributed by atoms with Crippen LogP contribution in [0.15, 0.2) is 42.7 Å². The minimum Gasteiger partial charge on any atom is -0.435 e. The first-order valence-electron chi connectivity index (χ1n) is 8.55. The molecule has 0 atom stereocenters. The van der Waals surface area contributed by atoms with Gasteiger partial charge < -0.3 is 14.5 Å². The van der Waals surface area contributed by atoms with Crippen molar-refractivity contribution in [2.75, 3.05) is 31.1 Å². The van der Waals surface area contributed by atoms with Crippen LogP contribution in [0, 0.1) is 11.3 Å². The van der Waals surface area contributed by atoms with Gasteiger partial charge in [-0.1, -0.05) is 12.1 Å². The van der Waals surface area contributed by atoms with Crippen LogP contribution in [0.3, 0.4) is 0 Å². The van der Waals surface area contributed by atoms with E-state index in [0.717, 1.165) is 0 Å². The van der Waals surface area contributed by atoms with Crippen molar-refractivity contribution in [1.29, 1.82) is 5.26 Å². The number of piperazine rings is 1. The van der Waals surface area contributed by atoms with Gasteiger partial charge in [-0.3, -0.25) is 4.79 Å². The van der Waals surface area contributed by atoms with E-state index in [9.17, 15) is 13.6 Å². The van der Waals surface area contributed by atoms with E-state index in [1.165, 1.54) is 30.6 Å². The summed E-state index contributed by atoms with van der Waals surface area (Å²) < 4.78 is 28.9. The highest BCUT2D eigenvalue weighted by Gasteiger charge is 2.22. The lowest BCUT2D eigenvalue weighted by atomic mass is 10.2.